The van der Waals surface area contributed by atoms with Gasteiger partial charge >= 0.3 is 0 Å². The van der Waals surface area contributed by atoms with Crippen LogP contribution in [0.15, 0.2) is 10.8 Å². The van der Waals surface area contributed by atoms with Crippen LogP contribution in [0.5, 0.6) is 0 Å². The molecule has 0 bridgehead atoms. The van der Waals surface area contributed by atoms with E-state index in [9.17, 15) is 4.79 Å². The Kier molecular flexibility index (Phi) is 4.96. The molecule has 1 aromatic rings. The van der Waals surface area contributed by atoms with E-state index in [4.69, 9.17) is 5.73 Å². The van der Waals surface area contributed by atoms with E-state index < -0.39 is 6.04 Å². The first-order valence-corrected chi connectivity index (χ1v) is 6.55. The van der Waals surface area contributed by atoms with Gasteiger partial charge in [0.05, 0.1) is 6.04 Å². The molecule has 0 unspecified atom stereocenters. The number of hydrogen-bond donors (Lipinski definition) is 2. The predicted octanol–water partition coefficient (Wildman–Crippen LogP) is 2.05. The summed E-state index contributed by atoms with van der Waals surface area (Å²) in [6.07, 6.45) is 0.923. The molecule has 2 atom stereocenters. The monoisotopic (exact) mass is 240 g/mol. The Morgan fingerprint density at radius 2 is 2.25 bits per heavy atom. The number of carbonyl (C=O) groups excluding carboxylic acids is 1. The zero-order chi connectivity index (χ0) is 12.1. The van der Waals surface area contributed by atoms with Crippen molar-refractivity contribution in [2.24, 2.45) is 11.7 Å². The first-order chi connectivity index (χ1) is 7.56. The number of aryl methyl sites for hydroxylation is 1. The standard InChI is InChI=1S/C12H20N2OS/c1-4-8(2)11(13)12(15)14-5-10-7-16-6-9(10)3/h6-8,11H,4-5,13H2,1-3H3,(H,14,15)/t8-,11-/m0/s1. The van der Waals surface area contributed by atoms with Crippen molar-refractivity contribution < 1.29 is 4.79 Å². The fourth-order valence-electron chi connectivity index (χ4n) is 1.38. The fourth-order valence-corrected chi connectivity index (χ4v) is 2.24. The zero-order valence-electron chi connectivity index (χ0n) is 10.1. The first-order valence-electron chi connectivity index (χ1n) is 5.61. The third-order valence-corrected chi connectivity index (χ3v) is 3.88. The van der Waals surface area contributed by atoms with E-state index in [1.54, 1.807) is 11.3 Å². The summed E-state index contributed by atoms with van der Waals surface area (Å²) in [4.78, 5) is 11.7. The third kappa shape index (κ3) is 3.32. The molecule has 0 spiro atoms. The van der Waals surface area contributed by atoms with Crippen LogP contribution in [-0.4, -0.2) is 11.9 Å². The number of hydrogen-bond acceptors (Lipinski definition) is 3. The summed E-state index contributed by atoms with van der Waals surface area (Å²) in [5.74, 6) is 0.170. The van der Waals surface area contributed by atoms with Crippen molar-refractivity contribution >= 4 is 17.2 Å². The molecule has 0 radical (unpaired) electrons. The van der Waals surface area contributed by atoms with E-state index in [0.29, 0.717) is 6.54 Å². The molecule has 0 fully saturated rings. The van der Waals surface area contributed by atoms with Gasteiger partial charge in [-0.25, -0.2) is 0 Å². The van der Waals surface area contributed by atoms with Gasteiger partial charge in [-0.1, -0.05) is 20.3 Å². The molecule has 1 rings (SSSR count). The van der Waals surface area contributed by atoms with Crippen LogP contribution in [0, 0.1) is 12.8 Å². The quantitative estimate of drug-likeness (QED) is 0.827. The summed E-state index contributed by atoms with van der Waals surface area (Å²) < 4.78 is 0. The molecule has 1 amide bonds. The van der Waals surface area contributed by atoms with Crippen molar-refractivity contribution in [1.29, 1.82) is 0 Å². The van der Waals surface area contributed by atoms with Gasteiger partial charge in [0.1, 0.15) is 0 Å². The van der Waals surface area contributed by atoms with E-state index in [1.165, 1.54) is 11.1 Å². The van der Waals surface area contributed by atoms with Gasteiger partial charge in [0.15, 0.2) is 0 Å². The molecular weight excluding hydrogens is 220 g/mol. The van der Waals surface area contributed by atoms with Crippen molar-refractivity contribution in [3.05, 3.63) is 21.9 Å². The number of amides is 1. The van der Waals surface area contributed by atoms with Gasteiger partial charge in [0.25, 0.3) is 0 Å². The molecule has 0 aliphatic heterocycles. The van der Waals surface area contributed by atoms with Gasteiger partial charge < -0.3 is 11.1 Å². The van der Waals surface area contributed by atoms with Crippen LogP contribution in [0.4, 0.5) is 0 Å². The zero-order valence-corrected chi connectivity index (χ0v) is 10.9. The van der Waals surface area contributed by atoms with Crippen LogP contribution in [0.3, 0.4) is 0 Å². The maximum Gasteiger partial charge on any atom is 0.237 e. The van der Waals surface area contributed by atoms with E-state index in [0.717, 1.165) is 6.42 Å². The Bertz CT molecular complexity index is 349. The first kappa shape index (κ1) is 13.2. The largest absolute Gasteiger partial charge is 0.351 e. The Hall–Kier alpha value is -0.870. The Morgan fingerprint density at radius 1 is 1.56 bits per heavy atom. The summed E-state index contributed by atoms with van der Waals surface area (Å²) in [5, 5.41) is 7.02. The van der Waals surface area contributed by atoms with E-state index in [1.807, 2.05) is 20.8 Å². The second kappa shape index (κ2) is 6.01. The summed E-state index contributed by atoms with van der Waals surface area (Å²) in [7, 11) is 0. The van der Waals surface area contributed by atoms with Crippen molar-refractivity contribution in [2.75, 3.05) is 0 Å². The molecule has 0 aliphatic rings. The molecule has 0 saturated heterocycles. The molecule has 1 heterocycles. The Morgan fingerprint density at radius 3 is 2.75 bits per heavy atom. The van der Waals surface area contributed by atoms with E-state index in [-0.39, 0.29) is 11.8 Å². The molecule has 3 N–H and O–H groups in total. The predicted molar refractivity (Wildman–Crippen MR) is 68.3 cm³/mol. The molecule has 0 aliphatic carbocycles. The van der Waals surface area contributed by atoms with Crippen molar-refractivity contribution in [1.82, 2.24) is 5.32 Å². The normalized spacial score (nSPS) is 14.5. The van der Waals surface area contributed by atoms with Gasteiger partial charge in [-0.3, -0.25) is 4.79 Å². The van der Waals surface area contributed by atoms with Crippen molar-refractivity contribution in [3.63, 3.8) is 0 Å². The highest BCUT2D eigenvalue weighted by atomic mass is 32.1. The minimum atomic E-state index is -0.399. The average molecular weight is 240 g/mol. The SMILES string of the molecule is CC[C@H](C)[C@H](N)C(=O)NCc1cscc1C. The lowest BCUT2D eigenvalue weighted by atomic mass is 9.99. The van der Waals surface area contributed by atoms with Gasteiger partial charge in [-0.2, -0.15) is 11.3 Å². The average Bonchev–Trinajstić information content (AvgIpc) is 2.69. The van der Waals surface area contributed by atoms with Crippen LogP contribution in [0.1, 0.15) is 31.4 Å². The van der Waals surface area contributed by atoms with Crippen molar-refractivity contribution in [3.8, 4) is 0 Å². The third-order valence-electron chi connectivity index (χ3n) is 2.97. The molecule has 3 nitrogen and oxygen atoms in total. The lowest BCUT2D eigenvalue weighted by Gasteiger charge is -2.17. The highest BCUT2D eigenvalue weighted by Gasteiger charge is 2.18. The highest BCUT2D eigenvalue weighted by molar-refractivity contribution is 7.08. The molecule has 0 saturated carbocycles. The van der Waals surface area contributed by atoms with Gasteiger partial charge in [0, 0.05) is 6.54 Å². The Labute approximate surface area is 101 Å². The van der Waals surface area contributed by atoms with Crippen LogP contribution in [0.25, 0.3) is 0 Å². The van der Waals surface area contributed by atoms with E-state index in [2.05, 4.69) is 16.1 Å². The summed E-state index contributed by atoms with van der Waals surface area (Å²) in [5.41, 5.74) is 8.24. The molecule has 4 heteroatoms. The minimum Gasteiger partial charge on any atom is -0.351 e. The minimum absolute atomic E-state index is 0.0556. The van der Waals surface area contributed by atoms with Gasteiger partial charge in [0.2, 0.25) is 5.91 Å². The summed E-state index contributed by atoms with van der Waals surface area (Å²) in [6.45, 7) is 6.67. The lowest BCUT2D eigenvalue weighted by Crippen LogP contribution is -2.44. The molecule has 1 aromatic heterocycles. The lowest BCUT2D eigenvalue weighted by molar-refractivity contribution is -0.123. The van der Waals surface area contributed by atoms with Crippen LogP contribution >= 0.6 is 11.3 Å². The van der Waals surface area contributed by atoms with E-state index >= 15 is 0 Å². The fraction of sp³-hybridized carbons (Fsp3) is 0.583. The van der Waals surface area contributed by atoms with Crippen molar-refractivity contribution in [2.45, 2.75) is 39.8 Å². The topological polar surface area (TPSA) is 55.1 Å². The number of nitrogens with two attached hydrogens (primary N) is 1. The second-order valence-electron chi connectivity index (χ2n) is 4.21. The molecule has 90 valence electrons. The molecule has 0 aromatic carbocycles. The number of rotatable bonds is 5. The van der Waals surface area contributed by atoms with Crippen LogP contribution < -0.4 is 11.1 Å². The summed E-state index contributed by atoms with van der Waals surface area (Å²) in [6, 6.07) is -0.399. The Balaban J connectivity index is 2.44. The number of thiophene rings is 1. The van der Waals surface area contributed by atoms with Crippen LogP contribution in [-0.2, 0) is 11.3 Å². The smallest absolute Gasteiger partial charge is 0.237 e. The summed E-state index contributed by atoms with van der Waals surface area (Å²) >= 11 is 1.65. The highest BCUT2D eigenvalue weighted by Crippen LogP contribution is 2.13. The van der Waals surface area contributed by atoms with Gasteiger partial charge in [-0.05, 0) is 34.7 Å². The maximum absolute atomic E-state index is 11.7. The molecule has 16 heavy (non-hydrogen) atoms. The maximum atomic E-state index is 11.7. The number of nitrogens with one attached hydrogen (secondary N) is 1. The van der Waals surface area contributed by atoms with Gasteiger partial charge in [-0.15, -0.1) is 0 Å². The number of carbonyl (C=O) groups is 1. The second-order valence-corrected chi connectivity index (χ2v) is 4.95. The molecular formula is C12H20N2OS. The van der Waals surface area contributed by atoms with Crippen LogP contribution in [0.2, 0.25) is 0 Å².